The van der Waals surface area contributed by atoms with Crippen LogP contribution in [0.5, 0.6) is 0 Å². The molecular formula is C18H37N5O2. The fourth-order valence-electron chi connectivity index (χ4n) is 3.47. The van der Waals surface area contributed by atoms with Gasteiger partial charge in [0.25, 0.3) is 0 Å². The molecule has 0 saturated carbocycles. The molecule has 2 heterocycles. The number of nitrogens with zero attached hydrogens (tertiary/aromatic N) is 4. The number of hydrogen-bond donors (Lipinski definition) is 1. The summed E-state index contributed by atoms with van der Waals surface area (Å²) in [5.41, 5.74) is 0. The maximum Gasteiger partial charge on any atom is 0.193 e. The number of piperazine rings is 1. The highest BCUT2D eigenvalue weighted by atomic mass is 16.5. The quantitative estimate of drug-likeness (QED) is 0.381. The summed E-state index contributed by atoms with van der Waals surface area (Å²) >= 11 is 0. The summed E-state index contributed by atoms with van der Waals surface area (Å²) in [6.07, 6.45) is 1.17. The number of likely N-dealkylation sites (tertiary alicyclic amines) is 1. The first kappa shape index (κ1) is 20.4. The maximum atomic E-state index is 5.70. The van der Waals surface area contributed by atoms with Crippen molar-refractivity contribution in [2.24, 2.45) is 10.9 Å². The first-order valence-corrected chi connectivity index (χ1v) is 9.62. The molecule has 0 amide bonds. The van der Waals surface area contributed by atoms with Crippen LogP contribution in [0.25, 0.3) is 0 Å². The third-order valence-corrected chi connectivity index (χ3v) is 5.14. The monoisotopic (exact) mass is 355 g/mol. The maximum absolute atomic E-state index is 5.70. The largest absolute Gasteiger partial charge is 0.382 e. The molecule has 146 valence electrons. The molecular weight excluding hydrogens is 318 g/mol. The normalized spacial score (nSPS) is 26.4. The molecule has 2 atom stereocenters. The zero-order chi connectivity index (χ0) is 18.1. The van der Waals surface area contributed by atoms with Crippen molar-refractivity contribution >= 4 is 5.96 Å². The first-order chi connectivity index (χ1) is 12.1. The minimum Gasteiger partial charge on any atom is -0.382 e. The van der Waals surface area contributed by atoms with E-state index in [1.165, 1.54) is 6.42 Å². The van der Waals surface area contributed by atoms with E-state index in [1.54, 1.807) is 7.11 Å². The topological polar surface area (TPSA) is 52.6 Å². The summed E-state index contributed by atoms with van der Waals surface area (Å²) in [5, 5.41) is 3.47. The van der Waals surface area contributed by atoms with E-state index in [-0.39, 0.29) is 0 Å². The fourth-order valence-corrected chi connectivity index (χ4v) is 3.47. The van der Waals surface area contributed by atoms with Crippen molar-refractivity contribution in [3.05, 3.63) is 0 Å². The van der Waals surface area contributed by atoms with Crippen LogP contribution < -0.4 is 5.32 Å². The molecule has 0 aromatic heterocycles. The molecule has 25 heavy (non-hydrogen) atoms. The second-order valence-electron chi connectivity index (χ2n) is 7.26. The van der Waals surface area contributed by atoms with Crippen LogP contribution in [0, 0.1) is 5.92 Å². The molecule has 2 unspecified atom stereocenters. The Balaban J connectivity index is 1.83. The van der Waals surface area contributed by atoms with Crippen LogP contribution >= 0.6 is 0 Å². The summed E-state index contributed by atoms with van der Waals surface area (Å²) in [7, 11) is 6.12. The average molecular weight is 356 g/mol. The summed E-state index contributed by atoms with van der Waals surface area (Å²) in [6.45, 7) is 11.5. The highest BCUT2D eigenvalue weighted by Gasteiger charge is 2.26. The average Bonchev–Trinajstić information content (AvgIpc) is 3.07. The number of likely N-dealkylation sites (N-methyl/N-ethyl adjacent to an activating group) is 2. The minimum atomic E-state index is 0.503. The van der Waals surface area contributed by atoms with Gasteiger partial charge in [-0.15, -0.1) is 0 Å². The van der Waals surface area contributed by atoms with E-state index in [2.05, 4.69) is 41.0 Å². The molecule has 1 N–H and O–H groups in total. The molecule has 7 heteroatoms. The highest BCUT2D eigenvalue weighted by Crippen LogP contribution is 2.17. The van der Waals surface area contributed by atoms with Crippen LogP contribution in [0.3, 0.4) is 0 Å². The molecule has 2 saturated heterocycles. The number of guanidine groups is 1. The Labute approximate surface area is 153 Å². The number of rotatable bonds is 8. The molecule has 0 aliphatic carbocycles. The molecule has 2 fully saturated rings. The van der Waals surface area contributed by atoms with Crippen LogP contribution in [-0.4, -0.2) is 114 Å². The van der Waals surface area contributed by atoms with E-state index in [4.69, 9.17) is 14.5 Å². The molecule has 2 aliphatic rings. The van der Waals surface area contributed by atoms with Gasteiger partial charge in [0.15, 0.2) is 5.96 Å². The fraction of sp³-hybridized carbons (Fsp3) is 0.944. The zero-order valence-electron chi connectivity index (χ0n) is 16.5. The number of aliphatic imine (C=N–C) groups is 1. The van der Waals surface area contributed by atoms with Gasteiger partial charge in [0.1, 0.15) is 0 Å². The standard InChI is InChI=1S/C18H37N5O2/c1-5-19-18(20-12-17-14-21(2)8-9-22(17)3)23-7-6-16(13-23)15-25-11-10-24-4/h16-17H,5-15H2,1-4H3,(H,19,20). The molecule has 0 radical (unpaired) electrons. The molecule has 7 nitrogen and oxygen atoms in total. The van der Waals surface area contributed by atoms with Gasteiger partial charge in [-0.25, -0.2) is 0 Å². The lowest BCUT2D eigenvalue weighted by Crippen LogP contribution is -2.51. The van der Waals surface area contributed by atoms with Crippen LogP contribution in [0.2, 0.25) is 0 Å². The van der Waals surface area contributed by atoms with Gasteiger partial charge in [0.2, 0.25) is 0 Å². The zero-order valence-corrected chi connectivity index (χ0v) is 16.5. The second kappa shape index (κ2) is 11.0. The van der Waals surface area contributed by atoms with Crippen molar-refractivity contribution in [1.82, 2.24) is 20.0 Å². The SMILES string of the molecule is CCNC(=NCC1CN(C)CCN1C)N1CCC(COCCOC)C1. The van der Waals surface area contributed by atoms with Crippen LogP contribution in [0.4, 0.5) is 0 Å². The van der Waals surface area contributed by atoms with E-state index >= 15 is 0 Å². The summed E-state index contributed by atoms with van der Waals surface area (Å²) < 4.78 is 10.7. The Morgan fingerprint density at radius 1 is 1.16 bits per heavy atom. The Hall–Kier alpha value is -0.890. The molecule has 0 spiro atoms. The Morgan fingerprint density at radius 2 is 2.00 bits per heavy atom. The lowest BCUT2D eigenvalue weighted by atomic mass is 10.1. The number of methoxy groups -OCH3 is 1. The van der Waals surface area contributed by atoms with Crippen molar-refractivity contribution in [3.8, 4) is 0 Å². The van der Waals surface area contributed by atoms with Gasteiger partial charge in [0, 0.05) is 58.3 Å². The van der Waals surface area contributed by atoms with Gasteiger partial charge in [-0.3, -0.25) is 9.89 Å². The van der Waals surface area contributed by atoms with E-state index in [0.29, 0.717) is 25.2 Å². The van der Waals surface area contributed by atoms with Crippen LogP contribution in [0.1, 0.15) is 13.3 Å². The number of ether oxygens (including phenoxy) is 2. The van der Waals surface area contributed by atoms with Crippen molar-refractivity contribution < 1.29 is 9.47 Å². The number of hydrogen-bond acceptors (Lipinski definition) is 5. The second-order valence-corrected chi connectivity index (χ2v) is 7.26. The summed E-state index contributed by atoms with van der Waals surface area (Å²) in [6, 6.07) is 0.503. The van der Waals surface area contributed by atoms with Gasteiger partial charge in [-0.05, 0) is 27.4 Å². The Morgan fingerprint density at radius 3 is 2.76 bits per heavy atom. The third-order valence-electron chi connectivity index (χ3n) is 5.14. The Kier molecular flexibility index (Phi) is 8.95. The third kappa shape index (κ3) is 6.73. The van der Waals surface area contributed by atoms with Crippen LogP contribution in [0.15, 0.2) is 4.99 Å². The molecule has 2 aliphatic heterocycles. The van der Waals surface area contributed by atoms with E-state index in [0.717, 1.165) is 58.4 Å². The lowest BCUT2D eigenvalue weighted by Gasteiger charge is -2.37. The van der Waals surface area contributed by atoms with Gasteiger partial charge >= 0.3 is 0 Å². The van der Waals surface area contributed by atoms with Crippen molar-refractivity contribution in [1.29, 1.82) is 0 Å². The van der Waals surface area contributed by atoms with Gasteiger partial charge in [-0.1, -0.05) is 0 Å². The van der Waals surface area contributed by atoms with E-state index < -0.39 is 0 Å². The Bertz CT molecular complexity index is 407. The minimum absolute atomic E-state index is 0.503. The first-order valence-electron chi connectivity index (χ1n) is 9.62. The molecule has 0 aromatic rings. The number of nitrogens with one attached hydrogen (secondary N) is 1. The predicted molar refractivity (Wildman–Crippen MR) is 102 cm³/mol. The molecule has 0 bridgehead atoms. The lowest BCUT2D eigenvalue weighted by molar-refractivity contribution is 0.0536. The molecule has 2 rings (SSSR count). The highest BCUT2D eigenvalue weighted by molar-refractivity contribution is 5.80. The summed E-state index contributed by atoms with van der Waals surface area (Å²) in [4.78, 5) is 12.2. The summed E-state index contributed by atoms with van der Waals surface area (Å²) in [5.74, 6) is 1.65. The van der Waals surface area contributed by atoms with E-state index in [1.807, 2.05) is 0 Å². The smallest absolute Gasteiger partial charge is 0.193 e. The molecule has 0 aromatic carbocycles. The van der Waals surface area contributed by atoms with Crippen molar-refractivity contribution in [3.63, 3.8) is 0 Å². The van der Waals surface area contributed by atoms with Crippen LogP contribution in [-0.2, 0) is 9.47 Å². The van der Waals surface area contributed by atoms with Gasteiger partial charge in [-0.2, -0.15) is 0 Å². The van der Waals surface area contributed by atoms with Crippen molar-refractivity contribution in [2.75, 3.05) is 86.8 Å². The van der Waals surface area contributed by atoms with Crippen molar-refractivity contribution in [2.45, 2.75) is 19.4 Å². The van der Waals surface area contributed by atoms with Gasteiger partial charge in [0.05, 0.1) is 26.4 Å². The predicted octanol–water partition coefficient (Wildman–Crippen LogP) is 0.183. The van der Waals surface area contributed by atoms with Gasteiger partial charge < -0.3 is 24.6 Å². The van der Waals surface area contributed by atoms with E-state index in [9.17, 15) is 0 Å².